The standard InChI is InChI=1S/C26H27N5O2S/c1-26(2,3)19-5-7-20(8-6-19)28-23(32)17-34-25-30-29-24(18-13-15-27-16-14-18)31(25)21-9-11-22(33-4)12-10-21/h5-16H,17H2,1-4H3,(H,28,32). The molecule has 174 valence electrons. The number of carbonyl (C=O) groups excluding carboxylic acids is 1. The third-order valence-electron chi connectivity index (χ3n) is 5.27. The second kappa shape index (κ2) is 10.1. The molecule has 0 saturated carbocycles. The molecule has 0 aliphatic rings. The molecule has 2 aromatic heterocycles. The maximum atomic E-state index is 12.7. The molecule has 4 aromatic rings. The van der Waals surface area contributed by atoms with E-state index in [2.05, 4.69) is 41.3 Å². The van der Waals surface area contributed by atoms with Gasteiger partial charge in [-0.1, -0.05) is 44.7 Å². The van der Waals surface area contributed by atoms with Crippen LogP contribution in [0.15, 0.2) is 78.2 Å². The fourth-order valence-electron chi connectivity index (χ4n) is 3.40. The Balaban J connectivity index is 1.53. The molecule has 2 aromatic carbocycles. The average molecular weight is 474 g/mol. The summed E-state index contributed by atoms with van der Waals surface area (Å²) in [5.74, 6) is 1.52. The minimum Gasteiger partial charge on any atom is -0.497 e. The van der Waals surface area contributed by atoms with Gasteiger partial charge in [0.1, 0.15) is 5.75 Å². The van der Waals surface area contributed by atoms with Crippen LogP contribution in [-0.4, -0.2) is 38.5 Å². The summed E-state index contributed by atoms with van der Waals surface area (Å²) in [6.07, 6.45) is 3.43. The SMILES string of the molecule is COc1ccc(-n2c(SCC(=O)Nc3ccc(C(C)(C)C)cc3)nnc2-c2ccncc2)cc1. The minimum atomic E-state index is -0.108. The van der Waals surface area contributed by atoms with E-state index in [9.17, 15) is 4.79 Å². The van der Waals surface area contributed by atoms with Crippen molar-refractivity contribution in [3.8, 4) is 22.8 Å². The zero-order valence-corrected chi connectivity index (χ0v) is 20.5. The van der Waals surface area contributed by atoms with Gasteiger partial charge in [-0.3, -0.25) is 14.3 Å². The van der Waals surface area contributed by atoms with Gasteiger partial charge in [0.25, 0.3) is 0 Å². The molecule has 7 nitrogen and oxygen atoms in total. The van der Waals surface area contributed by atoms with Gasteiger partial charge >= 0.3 is 0 Å². The lowest BCUT2D eigenvalue weighted by atomic mass is 9.87. The summed E-state index contributed by atoms with van der Waals surface area (Å²) >= 11 is 1.33. The number of aromatic nitrogens is 4. The number of amides is 1. The fraction of sp³-hybridized carbons (Fsp3) is 0.231. The molecule has 34 heavy (non-hydrogen) atoms. The van der Waals surface area contributed by atoms with Crippen molar-refractivity contribution in [2.75, 3.05) is 18.2 Å². The fourth-order valence-corrected chi connectivity index (χ4v) is 4.15. The van der Waals surface area contributed by atoms with E-state index in [0.29, 0.717) is 11.0 Å². The van der Waals surface area contributed by atoms with Gasteiger partial charge in [0.15, 0.2) is 11.0 Å². The molecule has 0 radical (unpaired) electrons. The van der Waals surface area contributed by atoms with Crippen molar-refractivity contribution >= 4 is 23.4 Å². The van der Waals surface area contributed by atoms with E-state index in [4.69, 9.17) is 4.74 Å². The normalized spacial score (nSPS) is 11.3. The van der Waals surface area contributed by atoms with Crippen LogP contribution in [0.25, 0.3) is 17.1 Å². The molecule has 0 aliphatic heterocycles. The highest BCUT2D eigenvalue weighted by atomic mass is 32.2. The summed E-state index contributed by atoms with van der Waals surface area (Å²) in [5, 5.41) is 12.4. The summed E-state index contributed by atoms with van der Waals surface area (Å²) in [7, 11) is 1.63. The summed E-state index contributed by atoms with van der Waals surface area (Å²) in [6.45, 7) is 6.49. The molecule has 4 rings (SSSR count). The predicted molar refractivity (Wildman–Crippen MR) is 136 cm³/mol. The van der Waals surface area contributed by atoms with E-state index in [-0.39, 0.29) is 17.1 Å². The first kappa shape index (κ1) is 23.5. The largest absolute Gasteiger partial charge is 0.497 e. The highest BCUT2D eigenvalue weighted by Gasteiger charge is 2.18. The van der Waals surface area contributed by atoms with Crippen LogP contribution >= 0.6 is 11.8 Å². The van der Waals surface area contributed by atoms with E-state index in [1.165, 1.54) is 17.3 Å². The van der Waals surface area contributed by atoms with Gasteiger partial charge in [0.05, 0.1) is 12.9 Å². The molecule has 0 unspecified atom stereocenters. The molecule has 2 heterocycles. The van der Waals surface area contributed by atoms with Gasteiger partial charge < -0.3 is 10.1 Å². The van der Waals surface area contributed by atoms with Crippen molar-refractivity contribution in [2.45, 2.75) is 31.3 Å². The van der Waals surface area contributed by atoms with Crippen molar-refractivity contribution < 1.29 is 9.53 Å². The number of carbonyl (C=O) groups is 1. The third kappa shape index (κ3) is 5.46. The number of nitrogens with one attached hydrogen (secondary N) is 1. The smallest absolute Gasteiger partial charge is 0.234 e. The zero-order chi connectivity index (χ0) is 24.1. The van der Waals surface area contributed by atoms with Crippen LogP contribution in [0, 0.1) is 0 Å². The second-order valence-corrected chi connectivity index (χ2v) is 9.68. The Hall–Kier alpha value is -3.65. The Labute approximate surface area is 203 Å². The number of anilines is 1. The summed E-state index contributed by atoms with van der Waals surface area (Å²) in [6, 6.07) is 19.4. The van der Waals surface area contributed by atoms with Gasteiger partial charge in [-0.2, -0.15) is 0 Å². The topological polar surface area (TPSA) is 81.9 Å². The van der Waals surface area contributed by atoms with E-state index >= 15 is 0 Å². The number of rotatable bonds is 7. The maximum Gasteiger partial charge on any atom is 0.234 e. The van der Waals surface area contributed by atoms with Crippen LogP contribution in [0.2, 0.25) is 0 Å². The van der Waals surface area contributed by atoms with Crippen molar-refractivity contribution in [3.63, 3.8) is 0 Å². The van der Waals surface area contributed by atoms with E-state index in [1.54, 1.807) is 19.5 Å². The summed E-state index contributed by atoms with van der Waals surface area (Å²) in [4.78, 5) is 16.8. The Morgan fingerprint density at radius 3 is 2.26 bits per heavy atom. The van der Waals surface area contributed by atoms with Crippen molar-refractivity contribution in [3.05, 3.63) is 78.6 Å². The monoisotopic (exact) mass is 473 g/mol. The lowest BCUT2D eigenvalue weighted by molar-refractivity contribution is -0.113. The lowest BCUT2D eigenvalue weighted by Gasteiger charge is -2.19. The lowest BCUT2D eigenvalue weighted by Crippen LogP contribution is -2.15. The quantitative estimate of drug-likeness (QED) is 0.364. The Bertz CT molecular complexity index is 1250. The number of thioether (sulfide) groups is 1. The number of ether oxygens (including phenoxy) is 1. The van der Waals surface area contributed by atoms with Crippen molar-refractivity contribution in [2.24, 2.45) is 0 Å². The third-order valence-corrected chi connectivity index (χ3v) is 6.20. The molecular formula is C26H27N5O2S. The number of hydrogen-bond donors (Lipinski definition) is 1. The summed E-state index contributed by atoms with van der Waals surface area (Å²) < 4.78 is 7.22. The van der Waals surface area contributed by atoms with Crippen LogP contribution in [-0.2, 0) is 10.2 Å². The molecule has 0 aliphatic carbocycles. The predicted octanol–water partition coefficient (Wildman–Crippen LogP) is 5.37. The van der Waals surface area contributed by atoms with Gasteiger partial charge in [0.2, 0.25) is 5.91 Å². The Morgan fingerprint density at radius 1 is 0.971 bits per heavy atom. The van der Waals surface area contributed by atoms with Gasteiger partial charge in [0, 0.05) is 29.3 Å². The molecule has 1 amide bonds. The first-order chi connectivity index (χ1) is 16.3. The number of nitrogens with zero attached hydrogens (tertiary/aromatic N) is 4. The van der Waals surface area contributed by atoms with Crippen LogP contribution in [0.4, 0.5) is 5.69 Å². The number of methoxy groups -OCH3 is 1. The van der Waals surface area contributed by atoms with Gasteiger partial charge in [-0.25, -0.2) is 0 Å². The minimum absolute atomic E-state index is 0.0659. The van der Waals surface area contributed by atoms with E-state index < -0.39 is 0 Å². The van der Waals surface area contributed by atoms with Crippen molar-refractivity contribution in [1.82, 2.24) is 19.7 Å². The molecule has 0 bridgehead atoms. The Morgan fingerprint density at radius 2 is 1.65 bits per heavy atom. The van der Waals surface area contributed by atoms with E-state index in [0.717, 1.165) is 22.7 Å². The molecule has 1 N–H and O–H groups in total. The second-order valence-electron chi connectivity index (χ2n) is 8.74. The number of pyridine rings is 1. The molecular weight excluding hydrogens is 446 g/mol. The zero-order valence-electron chi connectivity index (χ0n) is 19.6. The molecule has 0 fully saturated rings. The maximum absolute atomic E-state index is 12.7. The molecule has 0 saturated heterocycles. The van der Waals surface area contributed by atoms with Crippen molar-refractivity contribution in [1.29, 1.82) is 0 Å². The highest BCUT2D eigenvalue weighted by molar-refractivity contribution is 7.99. The number of benzene rings is 2. The molecule has 8 heteroatoms. The van der Waals surface area contributed by atoms with E-state index in [1.807, 2.05) is 65.2 Å². The number of hydrogen-bond acceptors (Lipinski definition) is 6. The molecule has 0 atom stereocenters. The first-order valence-electron chi connectivity index (χ1n) is 10.9. The highest BCUT2D eigenvalue weighted by Crippen LogP contribution is 2.29. The summed E-state index contributed by atoms with van der Waals surface area (Å²) in [5.41, 5.74) is 3.81. The average Bonchev–Trinajstić information content (AvgIpc) is 3.27. The van der Waals surface area contributed by atoms with Crippen LogP contribution in [0.1, 0.15) is 26.3 Å². The van der Waals surface area contributed by atoms with Gasteiger partial charge in [-0.05, 0) is 59.5 Å². The van der Waals surface area contributed by atoms with Crippen LogP contribution in [0.5, 0.6) is 5.75 Å². The molecule has 0 spiro atoms. The Kier molecular flexibility index (Phi) is 6.98. The van der Waals surface area contributed by atoms with Crippen LogP contribution in [0.3, 0.4) is 0 Å². The van der Waals surface area contributed by atoms with Crippen LogP contribution < -0.4 is 10.1 Å². The first-order valence-corrected chi connectivity index (χ1v) is 11.9. The van der Waals surface area contributed by atoms with Gasteiger partial charge in [-0.15, -0.1) is 10.2 Å².